The highest BCUT2D eigenvalue weighted by Crippen LogP contribution is 2.23. The van der Waals surface area contributed by atoms with Crippen molar-refractivity contribution in [2.45, 2.75) is 0 Å². The Bertz CT molecular complexity index is 517. The Hall–Kier alpha value is -2.68. The van der Waals surface area contributed by atoms with Gasteiger partial charge in [-0.05, 0) is 12.1 Å². The van der Waals surface area contributed by atoms with E-state index in [0.29, 0.717) is 11.4 Å². The van der Waals surface area contributed by atoms with Gasteiger partial charge in [0.2, 0.25) is 0 Å². The van der Waals surface area contributed by atoms with E-state index < -0.39 is 17.4 Å². The molecule has 0 aliphatic heterocycles. The Morgan fingerprint density at radius 3 is 2.61 bits per heavy atom. The number of para-hydroxylation sites is 2. The normalized spacial score (nSPS) is 10.9. The van der Waals surface area contributed by atoms with Crippen LogP contribution in [0.1, 0.15) is 0 Å². The van der Waals surface area contributed by atoms with Gasteiger partial charge in [0.15, 0.2) is 5.57 Å². The molecule has 1 amide bonds. The standard InChI is InChI=1S/C12H12N2O4/c1-17-10-6-4-3-5-9(10)14-11(15)8(7-13)12(16)18-2/h3-6,16H,1-2H3,(H,14,15). The van der Waals surface area contributed by atoms with E-state index in [1.54, 1.807) is 30.3 Å². The van der Waals surface area contributed by atoms with Gasteiger partial charge in [0, 0.05) is 0 Å². The van der Waals surface area contributed by atoms with Crippen LogP contribution in [0, 0.1) is 11.3 Å². The summed E-state index contributed by atoms with van der Waals surface area (Å²) in [5.41, 5.74) is -0.120. The molecule has 94 valence electrons. The van der Waals surface area contributed by atoms with Crippen LogP contribution < -0.4 is 10.1 Å². The lowest BCUT2D eigenvalue weighted by Crippen LogP contribution is -2.16. The highest BCUT2D eigenvalue weighted by molar-refractivity contribution is 6.07. The molecule has 0 spiro atoms. The van der Waals surface area contributed by atoms with Gasteiger partial charge in [-0.1, -0.05) is 12.1 Å². The van der Waals surface area contributed by atoms with Crippen LogP contribution in [-0.2, 0) is 9.53 Å². The Kier molecular flexibility index (Phi) is 4.58. The van der Waals surface area contributed by atoms with E-state index in [2.05, 4.69) is 10.1 Å². The molecule has 0 saturated carbocycles. The first kappa shape index (κ1) is 13.4. The van der Waals surface area contributed by atoms with Crippen molar-refractivity contribution in [3.63, 3.8) is 0 Å². The zero-order valence-corrected chi connectivity index (χ0v) is 9.93. The number of carbonyl (C=O) groups excluding carboxylic acids is 1. The fraction of sp³-hybridized carbons (Fsp3) is 0.167. The van der Waals surface area contributed by atoms with E-state index >= 15 is 0 Å². The zero-order chi connectivity index (χ0) is 13.5. The van der Waals surface area contributed by atoms with E-state index in [1.807, 2.05) is 0 Å². The molecule has 0 radical (unpaired) electrons. The maximum Gasteiger partial charge on any atom is 0.300 e. The lowest BCUT2D eigenvalue weighted by atomic mass is 10.2. The van der Waals surface area contributed by atoms with Gasteiger partial charge in [-0.25, -0.2) is 0 Å². The Morgan fingerprint density at radius 1 is 1.39 bits per heavy atom. The van der Waals surface area contributed by atoms with E-state index in [9.17, 15) is 9.90 Å². The molecule has 18 heavy (non-hydrogen) atoms. The Morgan fingerprint density at radius 2 is 2.06 bits per heavy atom. The van der Waals surface area contributed by atoms with Crippen LogP contribution in [0.3, 0.4) is 0 Å². The third kappa shape index (κ3) is 2.92. The highest BCUT2D eigenvalue weighted by Gasteiger charge is 2.17. The number of nitrogens with zero attached hydrogens (tertiary/aromatic N) is 1. The second-order valence-electron chi connectivity index (χ2n) is 3.15. The molecule has 0 bridgehead atoms. The molecule has 2 N–H and O–H groups in total. The minimum absolute atomic E-state index is 0.390. The van der Waals surface area contributed by atoms with Crippen LogP contribution >= 0.6 is 0 Å². The lowest BCUT2D eigenvalue weighted by Gasteiger charge is -2.09. The summed E-state index contributed by atoms with van der Waals surface area (Å²) in [5, 5.41) is 20.4. The smallest absolute Gasteiger partial charge is 0.300 e. The Balaban J connectivity index is 2.98. The van der Waals surface area contributed by atoms with Crippen LogP contribution in [0.2, 0.25) is 0 Å². The van der Waals surface area contributed by atoms with Gasteiger partial charge >= 0.3 is 5.95 Å². The quantitative estimate of drug-likeness (QED) is 0.479. The molecule has 0 fully saturated rings. The third-order valence-corrected chi connectivity index (χ3v) is 2.10. The molecule has 6 nitrogen and oxygen atoms in total. The number of ether oxygens (including phenoxy) is 2. The highest BCUT2D eigenvalue weighted by atomic mass is 16.6. The SMILES string of the molecule is COC(O)=C(C#N)C(=O)Nc1ccccc1OC. The van der Waals surface area contributed by atoms with E-state index in [4.69, 9.17) is 10.00 Å². The summed E-state index contributed by atoms with van der Waals surface area (Å²) in [6.45, 7) is 0. The number of hydrogen-bond donors (Lipinski definition) is 2. The average molecular weight is 248 g/mol. The number of rotatable bonds is 4. The van der Waals surface area contributed by atoms with Gasteiger partial charge in [0.25, 0.3) is 5.91 Å². The number of benzene rings is 1. The van der Waals surface area contributed by atoms with Crippen molar-refractivity contribution in [3.05, 3.63) is 35.8 Å². The van der Waals surface area contributed by atoms with Crippen molar-refractivity contribution in [1.29, 1.82) is 5.26 Å². The second-order valence-corrected chi connectivity index (χ2v) is 3.15. The van der Waals surface area contributed by atoms with Gasteiger partial charge in [-0.2, -0.15) is 5.26 Å². The molecule has 0 heterocycles. The number of nitrogens with one attached hydrogen (secondary N) is 1. The van der Waals surface area contributed by atoms with Crippen LogP contribution in [0.5, 0.6) is 5.75 Å². The summed E-state index contributed by atoms with van der Waals surface area (Å²) in [7, 11) is 2.61. The molecule has 0 aromatic heterocycles. The first-order valence-corrected chi connectivity index (χ1v) is 4.95. The summed E-state index contributed by atoms with van der Waals surface area (Å²) in [6, 6.07) is 8.26. The molecule has 0 saturated heterocycles. The van der Waals surface area contributed by atoms with Gasteiger partial charge in [-0.3, -0.25) is 4.79 Å². The molecular formula is C12H12N2O4. The van der Waals surface area contributed by atoms with E-state index in [1.165, 1.54) is 7.11 Å². The van der Waals surface area contributed by atoms with E-state index in [-0.39, 0.29) is 0 Å². The number of methoxy groups -OCH3 is 2. The maximum absolute atomic E-state index is 11.7. The molecule has 0 unspecified atom stereocenters. The molecule has 0 aliphatic rings. The lowest BCUT2D eigenvalue weighted by molar-refractivity contribution is -0.113. The molecule has 1 aromatic carbocycles. The number of anilines is 1. The Labute approximate surface area is 104 Å². The second kappa shape index (κ2) is 6.15. The minimum Gasteiger partial charge on any atom is -0.495 e. The van der Waals surface area contributed by atoms with Gasteiger partial charge in [-0.15, -0.1) is 0 Å². The predicted octanol–water partition coefficient (Wildman–Crippen LogP) is 1.57. The van der Waals surface area contributed by atoms with Crippen molar-refractivity contribution in [2.24, 2.45) is 0 Å². The van der Waals surface area contributed by atoms with Crippen LogP contribution in [0.15, 0.2) is 35.8 Å². The molecule has 0 aliphatic carbocycles. The summed E-state index contributed by atoms with van der Waals surface area (Å²) in [6.07, 6.45) is 0. The first-order valence-electron chi connectivity index (χ1n) is 4.95. The van der Waals surface area contributed by atoms with Crippen molar-refractivity contribution >= 4 is 11.6 Å². The molecular weight excluding hydrogens is 236 g/mol. The number of carbonyl (C=O) groups is 1. The van der Waals surface area contributed by atoms with Crippen LogP contribution in [0.4, 0.5) is 5.69 Å². The number of amides is 1. The number of aliphatic hydroxyl groups is 1. The summed E-state index contributed by atoms with van der Waals surface area (Å²) in [5.74, 6) is -1.06. The number of nitriles is 1. The van der Waals surface area contributed by atoms with Crippen LogP contribution in [-0.4, -0.2) is 25.2 Å². The zero-order valence-electron chi connectivity index (χ0n) is 9.93. The monoisotopic (exact) mass is 248 g/mol. The van der Waals surface area contributed by atoms with Crippen LogP contribution in [0.25, 0.3) is 0 Å². The predicted molar refractivity (Wildman–Crippen MR) is 63.9 cm³/mol. The summed E-state index contributed by atoms with van der Waals surface area (Å²) in [4.78, 5) is 11.7. The van der Waals surface area contributed by atoms with Gasteiger partial charge in [0.1, 0.15) is 11.8 Å². The van der Waals surface area contributed by atoms with Gasteiger partial charge in [0.05, 0.1) is 19.9 Å². The largest absolute Gasteiger partial charge is 0.495 e. The van der Waals surface area contributed by atoms with Crippen molar-refractivity contribution in [2.75, 3.05) is 19.5 Å². The third-order valence-electron chi connectivity index (χ3n) is 2.10. The topological polar surface area (TPSA) is 91.6 Å². The molecule has 1 rings (SSSR count). The van der Waals surface area contributed by atoms with Crippen molar-refractivity contribution in [3.8, 4) is 11.8 Å². The summed E-state index contributed by atoms with van der Waals surface area (Å²) < 4.78 is 9.48. The summed E-state index contributed by atoms with van der Waals surface area (Å²) >= 11 is 0. The van der Waals surface area contributed by atoms with Crippen molar-refractivity contribution < 1.29 is 19.4 Å². The minimum atomic E-state index is -0.777. The fourth-order valence-corrected chi connectivity index (χ4v) is 1.23. The molecule has 0 atom stereocenters. The van der Waals surface area contributed by atoms with E-state index in [0.717, 1.165) is 7.11 Å². The first-order chi connectivity index (χ1) is 8.63. The molecule has 6 heteroatoms. The maximum atomic E-state index is 11.7. The van der Waals surface area contributed by atoms with Gasteiger partial charge < -0.3 is 19.9 Å². The number of hydrogen-bond acceptors (Lipinski definition) is 5. The average Bonchev–Trinajstić information content (AvgIpc) is 2.39. The fourth-order valence-electron chi connectivity index (χ4n) is 1.23. The number of aliphatic hydroxyl groups excluding tert-OH is 1. The molecule has 1 aromatic rings. The van der Waals surface area contributed by atoms with Crippen molar-refractivity contribution in [1.82, 2.24) is 0 Å².